The number of likely N-dealkylation sites (tertiary alicyclic amines) is 1. The monoisotopic (exact) mass is 180 g/mol. The van der Waals surface area contributed by atoms with E-state index in [0.717, 1.165) is 25.9 Å². The molecule has 3 nitrogen and oxygen atoms in total. The molecule has 2 amide bonds. The molecule has 1 fully saturated rings. The lowest BCUT2D eigenvalue weighted by molar-refractivity contribution is 0.187. The number of nitrogens with zero attached hydrogens (tertiary/aromatic N) is 1. The molecule has 0 radical (unpaired) electrons. The van der Waals surface area contributed by atoms with Crippen molar-refractivity contribution in [3.05, 3.63) is 0 Å². The number of rotatable bonds is 2. The molecular formula is C10H16N2O. The molecule has 0 aromatic heterocycles. The number of carbonyl (C=O) groups is 1. The molecule has 3 heteroatoms. The Morgan fingerprint density at radius 1 is 1.38 bits per heavy atom. The van der Waals surface area contributed by atoms with Gasteiger partial charge in [-0.3, -0.25) is 0 Å². The van der Waals surface area contributed by atoms with Crippen LogP contribution in [0.1, 0.15) is 25.7 Å². The van der Waals surface area contributed by atoms with Gasteiger partial charge >= 0.3 is 6.03 Å². The Labute approximate surface area is 79.5 Å². The first-order valence-corrected chi connectivity index (χ1v) is 4.81. The van der Waals surface area contributed by atoms with E-state index in [1.54, 1.807) is 0 Å². The van der Waals surface area contributed by atoms with Crippen molar-refractivity contribution >= 4 is 6.03 Å². The second-order valence-corrected chi connectivity index (χ2v) is 3.23. The van der Waals surface area contributed by atoms with Gasteiger partial charge in [-0.15, -0.1) is 12.3 Å². The first kappa shape index (κ1) is 9.91. The zero-order valence-corrected chi connectivity index (χ0v) is 7.88. The summed E-state index contributed by atoms with van der Waals surface area (Å²) in [4.78, 5) is 13.3. The average Bonchev–Trinajstić information content (AvgIpc) is 2.19. The highest BCUT2D eigenvalue weighted by atomic mass is 16.2. The number of carbonyl (C=O) groups excluding carboxylic acids is 1. The van der Waals surface area contributed by atoms with Gasteiger partial charge in [0.1, 0.15) is 0 Å². The summed E-state index contributed by atoms with van der Waals surface area (Å²) in [6.07, 6.45) is 9.19. The van der Waals surface area contributed by atoms with Gasteiger partial charge in [0, 0.05) is 26.1 Å². The van der Waals surface area contributed by atoms with Crippen LogP contribution in [-0.2, 0) is 0 Å². The van der Waals surface area contributed by atoms with Gasteiger partial charge < -0.3 is 10.2 Å². The molecule has 1 saturated heterocycles. The normalized spacial score (nSPS) is 16.4. The topological polar surface area (TPSA) is 32.3 Å². The highest BCUT2D eigenvalue weighted by Crippen LogP contribution is 2.07. The molecular weight excluding hydrogens is 164 g/mol. The van der Waals surface area contributed by atoms with E-state index in [4.69, 9.17) is 6.42 Å². The number of hydrogen-bond acceptors (Lipinski definition) is 1. The van der Waals surface area contributed by atoms with Crippen molar-refractivity contribution in [2.75, 3.05) is 19.6 Å². The predicted octanol–water partition coefficient (Wildman–Crippen LogP) is 1.21. The highest BCUT2D eigenvalue weighted by Gasteiger charge is 2.14. The van der Waals surface area contributed by atoms with Gasteiger partial charge in [0.25, 0.3) is 0 Å². The molecule has 1 N–H and O–H groups in total. The van der Waals surface area contributed by atoms with Crippen LogP contribution in [0.3, 0.4) is 0 Å². The minimum Gasteiger partial charge on any atom is -0.337 e. The summed E-state index contributed by atoms with van der Waals surface area (Å²) < 4.78 is 0. The Balaban J connectivity index is 2.18. The average molecular weight is 180 g/mol. The van der Waals surface area contributed by atoms with E-state index in [0.29, 0.717) is 13.0 Å². The molecule has 0 aromatic carbocycles. The standard InChI is InChI=1S/C10H16N2O/c1-2-3-7-11-10(13)12-8-5-4-6-9-12/h1H,3-9H2,(H,11,13). The molecule has 1 heterocycles. The maximum atomic E-state index is 11.4. The molecule has 0 saturated carbocycles. The number of amides is 2. The number of hydrogen-bond donors (Lipinski definition) is 1. The molecule has 0 aliphatic carbocycles. The smallest absolute Gasteiger partial charge is 0.317 e. The van der Waals surface area contributed by atoms with E-state index in [-0.39, 0.29) is 6.03 Å². The lowest BCUT2D eigenvalue weighted by Crippen LogP contribution is -2.42. The van der Waals surface area contributed by atoms with Gasteiger partial charge in [0.15, 0.2) is 0 Å². The maximum absolute atomic E-state index is 11.4. The van der Waals surface area contributed by atoms with Gasteiger partial charge in [0.2, 0.25) is 0 Å². The summed E-state index contributed by atoms with van der Waals surface area (Å²) in [5, 5.41) is 2.80. The Morgan fingerprint density at radius 2 is 2.08 bits per heavy atom. The van der Waals surface area contributed by atoms with E-state index in [1.165, 1.54) is 6.42 Å². The second kappa shape index (κ2) is 5.47. The number of piperidine rings is 1. The highest BCUT2D eigenvalue weighted by molar-refractivity contribution is 5.74. The third-order valence-electron chi connectivity index (χ3n) is 2.19. The molecule has 1 aliphatic rings. The number of terminal acetylenes is 1. The second-order valence-electron chi connectivity index (χ2n) is 3.23. The van der Waals surface area contributed by atoms with E-state index in [2.05, 4.69) is 11.2 Å². The van der Waals surface area contributed by atoms with Crippen molar-refractivity contribution in [2.24, 2.45) is 0 Å². The summed E-state index contributed by atoms with van der Waals surface area (Å²) in [5.74, 6) is 2.49. The first-order chi connectivity index (χ1) is 6.34. The minimum absolute atomic E-state index is 0.0370. The maximum Gasteiger partial charge on any atom is 0.317 e. The van der Waals surface area contributed by atoms with Crippen LogP contribution < -0.4 is 5.32 Å². The Morgan fingerprint density at radius 3 is 2.69 bits per heavy atom. The Bertz CT molecular complexity index is 201. The van der Waals surface area contributed by atoms with Crippen LogP contribution in [0.5, 0.6) is 0 Å². The summed E-state index contributed by atoms with van der Waals surface area (Å²) in [6.45, 7) is 2.37. The van der Waals surface area contributed by atoms with E-state index in [1.807, 2.05) is 4.90 Å². The third-order valence-corrected chi connectivity index (χ3v) is 2.19. The molecule has 0 aromatic rings. The zero-order chi connectivity index (χ0) is 9.52. The van der Waals surface area contributed by atoms with Gasteiger partial charge in [-0.05, 0) is 19.3 Å². The number of urea groups is 1. The van der Waals surface area contributed by atoms with Crippen LogP contribution in [0.25, 0.3) is 0 Å². The lowest BCUT2D eigenvalue weighted by atomic mass is 10.1. The van der Waals surface area contributed by atoms with Gasteiger partial charge in [-0.2, -0.15) is 0 Å². The molecule has 0 unspecified atom stereocenters. The summed E-state index contributed by atoms with van der Waals surface area (Å²) in [7, 11) is 0. The van der Waals surface area contributed by atoms with Crippen molar-refractivity contribution in [2.45, 2.75) is 25.7 Å². The zero-order valence-electron chi connectivity index (χ0n) is 7.88. The van der Waals surface area contributed by atoms with E-state index >= 15 is 0 Å². The summed E-state index contributed by atoms with van der Waals surface area (Å²) in [6, 6.07) is 0.0370. The molecule has 1 aliphatic heterocycles. The van der Waals surface area contributed by atoms with Gasteiger partial charge in [-0.25, -0.2) is 4.79 Å². The van der Waals surface area contributed by atoms with E-state index < -0.39 is 0 Å². The largest absolute Gasteiger partial charge is 0.337 e. The van der Waals surface area contributed by atoms with Crippen LogP contribution >= 0.6 is 0 Å². The van der Waals surface area contributed by atoms with Crippen LogP contribution in [-0.4, -0.2) is 30.6 Å². The fourth-order valence-corrected chi connectivity index (χ4v) is 1.45. The quantitative estimate of drug-likeness (QED) is 0.502. The van der Waals surface area contributed by atoms with Crippen LogP contribution in [0.15, 0.2) is 0 Å². The van der Waals surface area contributed by atoms with Crippen molar-refractivity contribution in [1.82, 2.24) is 10.2 Å². The Kier molecular flexibility index (Phi) is 4.17. The summed E-state index contributed by atoms with van der Waals surface area (Å²) >= 11 is 0. The first-order valence-electron chi connectivity index (χ1n) is 4.81. The van der Waals surface area contributed by atoms with Crippen molar-refractivity contribution in [3.8, 4) is 12.3 Å². The number of nitrogens with one attached hydrogen (secondary N) is 1. The van der Waals surface area contributed by atoms with Crippen LogP contribution in [0.4, 0.5) is 4.79 Å². The van der Waals surface area contributed by atoms with E-state index in [9.17, 15) is 4.79 Å². The summed E-state index contributed by atoms with van der Waals surface area (Å²) in [5.41, 5.74) is 0. The van der Waals surface area contributed by atoms with Gasteiger partial charge in [-0.1, -0.05) is 0 Å². The molecule has 1 rings (SSSR count). The minimum atomic E-state index is 0.0370. The molecule has 13 heavy (non-hydrogen) atoms. The fraction of sp³-hybridized carbons (Fsp3) is 0.700. The third kappa shape index (κ3) is 3.37. The molecule has 0 atom stereocenters. The predicted molar refractivity (Wildman–Crippen MR) is 52.3 cm³/mol. The Hall–Kier alpha value is -1.17. The molecule has 0 bridgehead atoms. The SMILES string of the molecule is C#CCCNC(=O)N1CCCCC1. The van der Waals surface area contributed by atoms with Crippen molar-refractivity contribution in [3.63, 3.8) is 0 Å². The lowest BCUT2D eigenvalue weighted by Gasteiger charge is -2.26. The van der Waals surface area contributed by atoms with Crippen molar-refractivity contribution < 1.29 is 4.79 Å². The van der Waals surface area contributed by atoms with Gasteiger partial charge in [0.05, 0.1) is 0 Å². The van der Waals surface area contributed by atoms with Crippen LogP contribution in [0.2, 0.25) is 0 Å². The fourth-order valence-electron chi connectivity index (χ4n) is 1.45. The van der Waals surface area contributed by atoms with Crippen LogP contribution in [0, 0.1) is 12.3 Å². The molecule has 0 spiro atoms. The van der Waals surface area contributed by atoms with Crippen molar-refractivity contribution in [1.29, 1.82) is 0 Å². The molecule has 72 valence electrons.